The molecule has 0 atom stereocenters. The number of hydrogen-bond acceptors (Lipinski definition) is 7. The van der Waals surface area contributed by atoms with Gasteiger partial charge in [-0.2, -0.15) is 5.26 Å². The summed E-state index contributed by atoms with van der Waals surface area (Å²) >= 11 is 0. The molecule has 0 aliphatic carbocycles. The van der Waals surface area contributed by atoms with E-state index in [-0.39, 0.29) is 5.57 Å². The topological polar surface area (TPSA) is 112 Å². The van der Waals surface area contributed by atoms with Gasteiger partial charge in [-0.15, -0.1) is 0 Å². The Morgan fingerprint density at radius 2 is 1.71 bits per heavy atom. The van der Waals surface area contributed by atoms with Crippen LogP contribution in [0, 0.1) is 31.1 Å². The summed E-state index contributed by atoms with van der Waals surface area (Å²) in [6.07, 6.45) is 2.52. The van der Waals surface area contributed by atoms with Crippen molar-refractivity contribution < 1.29 is 28.5 Å². The van der Waals surface area contributed by atoms with E-state index >= 15 is 0 Å². The molecule has 35 heavy (non-hydrogen) atoms. The van der Waals surface area contributed by atoms with Gasteiger partial charge in [-0.25, -0.2) is 4.79 Å². The van der Waals surface area contributed by atoms with E-state index in [1.807, 2.05) is 26.0 Å². The number of ether oxygens (including phenoxy) is 4. The molecule has 9 heteroatoms. The van der Waals surface area contributed by atoms with Gasteiger partial charge in [0.25, 0.3) is 5.91 Å². The SMILES string of the molecule is COc1cc(NC(=O)COC(=O)/C(C#N)=C/c2cc(C)n(CCC(C)C)c2C)cc(OC)c1OC. The zero-order chi connectivity index (χ0) is 26.1. The molecule has 2 rings (SSSR count). The predicted molar refractivity (Wildman–Crippen MR) is 133 cm³/mol. The largest absolute Gasteiger partial charge is 0.493 e. The van der Waals surface area contributed by atoms with Crippen molar-refractivity contribution in [2.24, 2.45) is 5.92 Å². The lowest BCUT2D eigenvalue weighted by Crippen LogP contribution is -2.21. The average molecular weight is 484 g/mol. The zero-order valence-corrected chi connectivity index (χ0v) is 21.4. The second kappa shape index (κ2) is 12.5. The first-order valence-electron chi connectivity index (χ1n) is 11.2. The highest BCUT2D eigenvalue weighted by Crippen LogP contribution is 2.39. The van der Waals surface area contributed by atoms with Crippen molar-refractivity contribution in [3.63, 3.8) is 0 Å². The number of nitrogens with zero attached hydrogens (tertiary/aromatic N) is 2. The molecular formula is C26H33N3O6. The third-order valence-electron chi connectivity index (χ3n) is 5.47. The Hall–Kier alpha value is -3.93. The quantitative estimate of drug-likeness (QED) is 0.289. The number of nitriles is 1. The van der Waals surface area contributed by atoms with E-state index < -0.39 is 18.5 Å². The standard InChI is InChI=1S/C26H33N3O6/c1-16(2)8-9-29-17(3)10-19(18(29)4)11-20(14-27)26(31)35-15-24(30)28-21-12-22(32-5)25(34-7)23(13-21)33-6/h10-13,16H,8-9,15H2,1-7H3,(H,28,30)/b20-11+. The highest BCUT2D eigenvalue weighted by atomic mass is 16.5. The molecule has 2 aromatic rings. The summed E-state index contributed by atoms with van der Waals surface area (Å²) < 4.78 is 23.0. The van der Waals surface area contributed by atoms with E-state index in [1.54, 1.807) is 12.1 Å². The van der Waals surface area contributed by atoms with Crippen molar-refractivity contribution in [1.82, 2.24) is 4.57 Å². The summed E-state index contributed by atoms with van der Waals surface area (Å²) in [5.41, 5.74) is 2.95. The monoisotopic (exact) mass is 483 g/mol. The minimum atomic E-state index is -0.875. The minimum absolute atomic E-state index is 0.185. The number of rotatable bonds is 11. The van der Waals surface area contributed by atoms with E-state index in [2.05, 4.69) is 23.7 Å². The molecule has 0 radical (unpaired) electrons. The molecule has 0 saturated carbocycles. The summed E-state index contributed by atoms with van der Waals surface area (Å²) in [5.74, 6) is 0.203. The van der Waals surface area contributed by atoms with Crippen LogP contribution in [-0.4, -0.2) is 44.4 Å². The Labute approximate surface area is 206 Å². The number of esters is 1. The molecule has 0 saturated heterocycles. The molecule has 0 bridgehead atoms. The van der Waals surface area contributed by atoms with Crippen molar-refractivity contribution in [2.75, 3.05) is 33.3 Å². The van der Waals surface area contributed by atoms with E-state index in [4.69, 9.17) is 18.9 Å². The molecule has 1 N–H and O–H groups in total. The van der Waals surface area contributed by atoms with E-state index in [0.29, 0.717) is 28.9 Å². The van der Waals surface area contributed by atoms with Gasteiger partial charge in [-0.05, 0) is 43.9 Å². The molecule has 0 fully saturated rings. The van der Waals surface area contributed by atoms with Crippen molar-refractivity contribution in [1.29, 1.82) is 5.26 Å². The number of hydrogen-bond donors (Lipinski definition) is 1. The van der Waals surface area contributed by atoms with Crippen LogP contribution in [0.1, 0.15) is 37.2 Å². The van der Waals surface area contributed by atoms with Crippen molar-refractivity contribution >= 4 is 23.6 Å². The lowest BCUT2D eigenvalue weighted by Gasteiger charge is -2.14. The zero-order valence-electron chi connectivity index (χ0n) is 21.4. The summed E-state index contributed by atoms with van der Waals surface area (Å²) in [6.45, 7) is 8.55. The molecule has 1 aromatic heterocycles. The molecule has 188 valence electrons. The molecule has 1 heterocycles. The van der Waals surface area contributed by atoms with Crippen LogP contribution in [0.3, 0.4) is 0 Å². The first-order chi connectivity index (χ1) is 16.6. The summed E-state index contributed by atoms with van der Waals surface area (Å²) in [7, 11) is 4.39. The first kappa shape index (κ1) is 27.3. The number of carbonyl (C=O) groups excluding carboxylic acids is 2. The Morgan fingerprint density at radius 3 is 2.23 bits per heavy atom. The molecule has 1 aromatic carbocycles. The molecule has 0 spiro atoms. The number of benzene rings is 1. The van der Waals surface area contributed by atoms with E-state index in [9.17, 15) is 14.9 Å². The Bertz CT molecular complexity index is 1120. The van der Waals surface area contributed by atoms with Crippen LogP contribution in [0.2, 0.25) is 0 Å². The smallest absolute Gasteiger partial charge is 0.349 e. The van der Waals surface area contributed by atoms with Gasteiger partial charge in [0, 0.05) is 35.8 Å². The van der Waals surface area contributed by atoms with Gasteiger partial charge in [0.2, 0.25) is 5.75 Å². The van der Waals surface area contributed by atoms with Crippen LogP contribution in [-0.2, 0) is 20.9 Å². The fourth-order valence-electron chi connectivity index (χ4n) is 3.56. The van der Waals surface area contributed by atoms with Crippen molar-refractivity contribution in [3.8, 4) is 23.3 Å². The van der Waals surface area contributed by atoms with Crippen molar-refractivity contribution in [2.45, 2.75) is 40.7 Å². The van der Waals surface area contributed by atoms with Crippen LogP contribution < -0.4 is 19.5 Å². The van der Waals surface area contributed by atoms with Gasteiger partial charge in [0.15, 0.2) is 18.1 Å². The maximum Gasteiger partial charge on any atom is 0.349 e. The number of nitrogens with one attached hydrogen (secondary N) is 1. The minimum Gasteiger partial charge on any atom is -0.493 e. The van der Waals surface area contributed by atoms with Gasteiger partial charge in [0.05, 0.1) is 21.3 Å². The molecule has 0 aliphatic rings. The van der Waals surface area contributed by atoms with E-state index in [1.165, 1.54) is 27.4 Å². The average Bonchev–Trinajstić information content (AvgIpc) is 3.10. The fraction of sp³-hybridized carbons (Fsp3) is 0.423. The van der Waals surface area contributed by atoms with Crippen LogP contribution >= 0.6 is 0 Å². The van der Waals surface area contributed by atoms with E-state index in [0.717, 1.165) is 29.9 Å². The molecule has 1 amide bonds. The molecule has 0 aliphatic heterocycles. The molecule has 0 unspecified atom stereocenters. The van der Waals surface area contributed by atoms with Gasteiger partial charge in [0.1, 0.15) is 11.6 Å². The van der Waals surface area contributed by atoms with Crippen LogP contribution in [0.5, 0.6) is 17.2 Å². The number of methoxy groups -OCH3 is 3. The number of amides is 1. The third kappa shape index (κ3) is 7.03. The lowest BCUT2D eigenvalue weighted by atomic mass is 10.1. The molecule has 9 nitrogen and oxygen atoms in total. The Kier molecular flexibility index (Phi) is 9.76. The number of carbonyl (C=O) groups is 2. The number of aromatic nitrogens is 1. The van der Waals surface area contributed by atoms with Crippen LogP contribution in [0.25, 0.3) is 6.08 Å². The summed E-state index contributed by atoms with van der Waals surface area (Å²) in [6, 6.07) is 6.90. The predicted octanol–water partition coefficient (Wildman–Crippen LogP) is 4.27. The summed E-state index contributed by atoms with van der Waals surface area (Å²) in [5, 5.41) is 12.1. The van der Waals surface area contributed by atoms with Gasteiger partial charge in [-0.3, -0.25) is 4.79 Å². The first-order valence-corrected chi connectivity index (χ1v) is 11.2. The number of anilines is 1. The van der Waals surface area contributed by atoms with Crippen molar-refractivity contribution in [3.05, 3.63) is 40.7 Å². The highest BCUT2D eigenvalue weighted by molar-refractivity contribution is 6.00. The normalized spacial score (nSPS) is 11.1. The van der Waals surface area contributed by atoms with Crippen LogP contribution in [0.4, 0.5) is 5.69 Å². The Morgan fingerprint density at radius 1 is 1.09 bits per heavy atom. The maximum atomic E-state index is 12.5. The van der Waals surface area contributed by atoms with Gasteiger partial charge < -0.3 is 28.8 Å². The third-order valence-corrected chi connectivity index (χ3v) is 5.47. The number of aryl methyl sites for hydroxylation is 1. The second-order valence-corrected chi connectivity index (χ2v) is 8.37. The lowest BCUT2D eigenvalue weighted by molar-refractivity contribution is -0.142. The summed E-state index contributed by atoms with van der Waals surface area (Å²) in [4.78, 5) is 24.8. The van der Waals surface area contributed by atoms with Gasteiger partial charge >= 0.3 is 5.97 Å². The Balaban J connectivity index is 2.09. The van der Waals surface area contributed by atoms with Gasteiger partial charge in [-0.1, -0.05) is 13.8 Å². The molecular weight excluding hydrogens is 450 g/mol. The highest BCUT2D eigenvalue weighted by Gasteiger charge is 2.18. The fourth-order valence-corrected chi connectivity index (χ4v) is 3.56. The second-order valence-electron chi connectivity index (χ2n) is 8.37. The van der Waals surface area contributed by atoms with Crippen LogP contribution in [0.15, 0.2) is 23.8 Å². The maximum absolute atomic E-state index is 12.5.